The molecule has 4 nitrogen and oxygen atoms in total. The second kappa shape index (κ2) is 6.13. The Hall–Kier alpha value is -2.75. The average molecular weight is 276 g/mol. The summed E-state index contributed by atoms with van der Waals surface area (Å²) in [6.45, 7) is 2.79. The molecule has 2 aromatic heterocycles. The third-order valence-electron chi connectivity index (χ3n) is 3.21. The average Bonchev–Trinajstić information content (AvgIpc) is 2.56. The molecule has 0 atom stereocenters. The highest BCUT2D eigenvalue weighted by atomic mass is 15.2. The summed E-state index contributed by atoms with van der Waals surface area (Å²) in [7, 11) is 0. The SMILES string of the molecule is Cc1ccc(CN(c2ccccn2)c2cnccn2)cc1. The number of anilines is 2. The predicted molar refractivity (Wildman–Crippen MR) is 83.3 cm³/mol. The van der Waals surface area contributed by atoms with Gasteiger partial charge in [-0.3, -0.25) is 4.98 Å². The lowest BCUT2D eigenvalue weighted by Crippen LogP contribution is -2.18. The third-order valence-corrected chi connectivity index (χ3v) is 3.21. The van der Waals surface area contributed by atoms with Gasteiger partial charge in [0, 0.05) is 18.6 Å². The van der Waals surface area contributed by atoms with Gasteiger partial charge in [-0.25, -0.2) is 9.97 Å². The second-order valence-corrected chi connectivity index (χ2v) is 4.82. The van der Waals surface area contributed by atoms with E-state index in [1.807, 2.05) is 18.2 Å². The van der Waals surface area contributed by atoms with Crippen molar-refractivity contribution in [3.05, 3.63) is 78.4 Å². The van der Waals surface area contributed by atoms with E-state index in [1.54, 1.807) is 24.8 Å². The van der Waals surface area contributed by atoms with Crippen LogP contribution in [0.4, 0.5) is 11.6 Å². The quantitative estimate of drug-likeness (QED) is 0.731. The van der Waals surface area contributed by atoms with Gasteiger partial charge in [-0.05, 0) is 24.6 Å². The van der Waals surface area contributed by atoms with Crippen LogP contribution in [-0.2, 0) is 6.54 Å². The molecule has 0 N–H and O–H groups in total. The van der Waals surface area contributed by atoms with Gasteiger partial charge in [-0.2, -0.15) is 0 Å². The number of nitrogens with zero attached hydrogens (tertiary/aromatic N) is 4. The molecule has 21 heavy (non-hydrogen) atoms. The Kier molecular flexibility index (Phi) is 3.87. The van der Waals surface area contributed by atoms with Crippen LogP contribution in [0.25, 0.3) is 0 Å². The van der Waals surface area contributed by atoms with Gasteiger partial charge >= 0.3 is 0 Å². The van der Waals surface area contributed by atoms with Crippen LogP contribution in [0, 0.1) is 6.92 Å². The maximum atomic E-state index is 4.43. The molecule has 3 rings (SSSR count). The lowest BCUT2D eigenvalue weighted by Gasteiger charge is -2.22. The molecule has 0 aliphatic heterocycles. The monoisotopic (exact) mass is 276 g/mol. The van der Waals surface area contributed by atoms with Crippen molar-refractivity contribution in [1.29, 1.82) is 0 Å². The molecule has 1 aromatic carbocycles. The molecular formula is C17H16N4. The summed E-state index contributed by atoms with van der Waals surface area (Å²) in [5.41, 5.74) is 2.46. The van der Waals surface area contributed by atoms with Crippen LogP contribution in [0.1, 0.15) is 11.1 Å². The highest BCUT2D eigenvalue weighted by molar-refractivity contribution is 5.54. The first-order valence-electron chi connectivity index (χ1n) is 6.83. The Morgan fingerprint density at radius 1 is 0.857 bits per heavy atom. The van der Waals surface area contributed by atoms with Crippen molar-refractivity contribution >= 4 is 11.6 Å². The molecule has 0 bridgehead atoms. The number of hydrogen-bond donors (Lipinski definition) is 0. The molecule has 0 saturated carbocycles. The van der Waals surface area contributed by atoms with E-state index >= 15 is 0 Å². The van der Waals surface area contributed by atoms with Crippen molar-refractivity contribution in [2.24, 2.45) is 0 Å². The minimum atomic E-state index is 0.704. The molecule has 0 spiro atoms. The summed E-state index contributed by atoms with van der Waals surface area (Å²) >= 11 is 0. The van der Waals surface area contributed by atoms with Gasteiger partial charge in [0.2, 0.25) is 0 Å². The lowest BCUT2D eigenvalue weighted by molar-refractivity contribution is 0.914. The summed E-state index contributed by atoms with van der Waals surface area (Å²) in [6, 6.07) is 14.3. The smallest absolute Gasteiger partial charge is 0.152 e. The van der Waals surface area contributed by atoms with Gasteiger partial charge in [0.25, 0.3) is 0 Å². The van der Waals surface area contributed by atoms with Crippen LogP contribution in [0.3, 0.4) is 0 Å². The number of hydrogen-bond acceptors (Lipinski definition) is 4. The molecule has 0 aliphatic rings. The maximum absolute atomic E-state index is 4.43. The molecule has 3 aromatic rings. The summed E-state index contributed by atoms with van der Waals surface area (Å²) in [6.07, 6.45) is 6.91. The fraction of sp³-hybridized carbons (Fsp3) is 0.118. The zero-order valence-electron chi connectivity index (χ0n) is 11.8. The number of aromatic nitrogens is 3. The topological polar surface area (TPSA) is 41.9 Å². The van der Waals surface area contributed by atoms with E-state index in [-0.39, 0.29) is 0 Å². The first-order chi connectivity index (χ1) is 10.3. The van der Waals surface area contributed by atoms with Crippen LogP contribution in [0.2, 0.25) is 0 Å². The standard InChI is InChI=1S/C17H16N4/c1-14-5-7-15(8-6-14)13-21(16-4-2-3-9-19-16)17-12-18-10-11-20-17/h2-12H,13H2,1H3. The van der Waals surface area contributed by atoms with Gasteiger partial charge in [0.05, 0.1) is 12.7 Å². The second-order valence-electron chi connectivity index (χ2n) is 4.82. The largest absolute Gasteiger partial charge is 0.305 e. The van der Waals surface area contributed by atoms with E-state index in [0.717, 1.165) is 11.6 Å². The Morgan fingerprint density at radius 2 is 1.67 bits per heavy atom. The fourth-order valence-corrected chi connectivity index (χ4v) is 2.10. The van der Waals surface area contributed by atoms with E-state index < -0.39 is 0 Å². The molecule has 0 fully saturated rings. The van der Waals surface area contributed by atoms with E-state index in [9.17, 15) is 0 Å². The highest BCUT2D eigenvalue weighted by Gasteiger charge is 2.12. The summed E-state index contributed by atoms with van der Waals surface area (Å²) < 4.78 is 0. The van der Waals surface area contributed by atoms with Crippen molar-refractivity contribution in [3.8, 4) is 0 Å². The van der Waals surface area contributed by atoms with Crippen molar-refractivity contribution in [2.45, 2.75) is 13.5 Å². The zero-order chi connectivity index (χ0) is 14.5. The van der Waals surface area contributed by atoms with E-state index in [2.05, 4.69) is 51.0 Å². The minimum absolute atomic E-state index is 0.704. The van der Waals surface area contributed by atoms with Crippen LogP contribution in [0.15, 0.2) is 67.3 Å². The Bertz CT molecular complexity index is 642. The summed E-state index contributed by atoms with van der Waals surface area (Å²) in [5, 5.41) is 0. The molecule has 4 heteroatoms. The molecule has 0 saturated heterocycles. The number of rotatable bonds is 4. The maximum Gasteiger partial charge on any atom is 0.152 e. The molecule has 0 amide bonds. The Labute approximate surface area is 124 Å². The third kappa shape index (κ3) is 3.23. The Morgan fingerprint density at radius 3 is 2.33 bits per heavy atom. The van der Waals surface area contributed by atoms with Crippen LogP contribution >= 0.6 is 0 Å². The van der Waals surface area contributed by atoms with Crippen LogP contribution in [-0.4, -0.2) is 15.0 Å². The van der Waals surface area contributed by atoms with Gasteiger partial charge < -0.3 is 4.90 Å². The first-order valence-corrected chi connectivity index (χ1v) is 6.83. The number of benzene rings is 1. The van der Waals surface area contributed by atoms with Gasteiger partial charge in [-0.1, -0.05) is 35.9 Å². The molecule has 0 radical (unpaired) electrons. The molecule has 2 heterocycles. The molecule has 0 aliphatic carbocycles. The fourth-order valence-electron chi connectivity index (χ4n) is 2.10. The normalized spacial score (nSPS) is 10.3. The van der Waals surface area contributed by atoms with Crippen molar-refractivity contribution < 1.29 is 0 Å². The van der Waals surface area contributed by atoms with E-state index in [4.69, 9.17) is 0 Å². The molecule has 104 valence electrons. The van der Waals surface area contributed by atoms with Crippen LogP contribution in [0.5, 0.6) is 0 Å². The van der Waals surface area contributed by atoms with Gasteiger partial charge in [-0.15, -0.1) is 0 Å². The summed E-state index contributed by atoms with van der Waals surface area (Å²) in [4.78, 5) is 15.0. The van der Waals surface area contributed by atoms with Gasteiger partial charge in [0.1, 0.15) is 5.82 Å². The van der Waals surface area contributed by atoms with Crippen molar-refractivity contribution in [2.75, 3.05) is 4.90 Å². The Balaban J connectivity index is 1.95. The van der Waals surface area contributed by atoms with E-state index in [0.29, 0.717) is 6.54 Å². The molecular weight excluding hydrogens is 260 g/mol. The van der Waals surface area contributed by atoms with Crippen LogP contribution < -0.4 is 4.90 Å². The van der Waals surface area contributed by atoms with Crippen molar-refractivity contribution in [3.63, 3.8) is 0 Å². The lowest BCUT2D eigenvalue weighted by atomic mass is 10.1. The molecule has 0 unspecified atom stereocenters. The minimum Gasteiger partial charge on any atom is -0.305 e. The predicted octanol–water partition coefficient (Wildman–Crippen LogP) is 3.52. The summed E-state index contributed by atoms with van der Waals surface area (Å²) in [5.74, 6) is 1.65. The zero-order valence-corrected chi connectivity index (χ0v) is 11.8. The first kappa shape index (κ1) is 13.2. The highest BCUT2D eigenvalue weighted by Crippen LogP contribution is 2.22. The van der Waals surface area contributed by atoms with E-state index in [1.165, 1.54) is 11.1 Å². The number of aryl methyl sites for hydroxylation is 1. The van der Waals surface area contributed by atoms with Crippen molar-refractivity contribution in [1.82, 2.24) is 15.0 Å². The van der Waals surface area contributed by atoms with Gasteiger partial charge in [0.15, 0.2) is 5.82 Å². The number of pyridine rings is 1.